The van der Waals surface area contributed by atoms with Crippen LogP contribution in [0.25, 0.3) is 0 Å². The molecule has 112 valence electrons. The number of halogens is 3. The van der Waals surface area contributed by atoms with E-state index in [0.29, 0.717) is 6.07 Å². The number of aliphatic hydroxyl groups is 2. The Balaban J connectivity index is 3.23. The first kappa shape index (κ1) is 16.8. The van der Waals surface area contributed by atoms with Crippen LogP contribution >= 0.6 is 12.6 Å². The Morgan fingerprint density at radius 2 is 1.90 bits per heavy atom. The number of aromatic carboxylic acids is 1. The summed E-state index contributed by atoms with van der Waals surface area (Å²) in [5.74, 6) is -1.47. The third kappa shape index (κ3) is 3.87. The first-order valence-corrected chi connectivity index (χ1v) is 6.23. The van der Waals surface area contributed by atoms with Gasteiger partial charge in [0.15, 0.2) is 0 Å². The molecule has 1 aromatic rings. The standard InChI is InChI=1S/C12H13F3O4S/c13-12(14,15)8-5-6(1-2-7(8)11(18)19)10(17)9(16)3-4-20/h1-2,5,9-10,16-17,20H,3-4H2,(H,18,19). The van der Waals surface area contributed by atoms with Crippen molar-refractivity contribution in [2.24, 2.45) is 0 Å². The number of carbonyl (C=O) groups is 1. The maximum Gasteiger partial charge on any atom is 0.417 e. The number of aliphatic hydroxyl groups excluding tert-OH is 2. The molecule has 2 unspecified atom stereocenters. The van der Waals surface area contributed by atoms with Crippen molar-refractivity contribution in [2.75, 3.05) is 5.75 Å². The Bertz CT molecular complexity index is 490. The maximum absolute atomic E-state index is 12.8. The molecule has 4 nitrogen and oxygen atoms in total. The van der Waals surface area contributed by atoms with Crippen LogP contribution in [0.5, 0.6) is 0 Å². The first-order chi connectivity index (χ1) is 9.18. The Kier molecular flexibility index (Phi) is 5.43. The zero-order valence-electron chi connectivity index (χ0n) is 10.1. The number of carboxylic acid groups (broad SMARTS) is 1. The van der Waals surface area contributed by atoms with Crippen LogP contribution in [0.1, 0.15) is 34.0 Å². The quantitative estimate of drug-likeness (QED) is 0.628. The highest BCUT2D eigenvalue weighted by molar-refractivity contribution is 7.80. The molecular formula is C12H13F3O4S. The van der Waals surface area contributed by atoms with E-state index in [1.165, 1.54) is 0 Å². The number of rotatable bonds is 5. The SMILES string of the molecule is O=C(O)c1ccc(C(O)C(O)CCS)cc1C(F)(F)F. The third-order valence-corrected chi connectivity index (χ3v) is 2.97. The lowest BCUT2D eigenvalue weighted by molar-refractivity contribution is -0.138. The number of carboxylic acids is 1. The van der Waals surface area contributed by atoms with Gasteiger partial charge in [0, 0.05) is 0 Å². The van der Waals surface area contributed by atoms with Crippen molar-refractivity contribution >= 4 is 18.6 Å². The van der Waals surface area contributed by atoms with E-state index < -0.39 is 35.5 Å². The van der Waals surface area contributed by atoms with Gasteiger partial charge in [0.05, 0.1) is 17.2 Å². The average Bonchev–Trinajstić information content (AvgIpc) is 2.36. The van der Waals surface area contributed by atoms with Crippen molar-refractivity contribution in [2.45, 2.75) is 24.8 Å². The number of hydrogen-bond acceptors (Lipinski definition) is 4. The van der Waals surface area contributed by atoms with E-state index in [1.807, 2.05) is 0 Å². The Morgan fingerprint density at radius 1 is 1.30 bits per heavy atom. The fourth-order valence-corrected chi connectivity index (χ4v) is 1.94. The molecule has 0 aliphatic heterocycles. The van der Waals surface area contributed by atoms with E-state index in [2.05, 4.69) is 12.6 Å². The second-order valence-corrected chi connectivity index (χ2v) is 4.58. The van der Waals surface area contributed by atoms with Gasteiger partial charge < -0.3 is 15.3 Å². The highest BCUT2D eigenvalue weighted by atomic mass is 32.1. The zero-order valence-corrected chi connectivity index (χ0v) is 11.0. The molecule has 1 rings (SSSR count). The second kappa shape index (κ2) is 6.47. The molecule has 0 fully saturated rings. The van der Waals surface area contributed by atoms with Gasteiger partial charge >= 0.3 is 12.1 Å². The third-order valence-electron chi connectivity index (χ3n) is 2.71. The summed E-state index contributed by atoms with van der Waals surface area (Å²) in [7, 11) is 0. The van der Waals surface area contributed by atoms with Crippen LogP contribution in [0.4, 0.5) is 13.2 Å². The molecule has 0 saturated carbocycles. The Hall–Kier alpha value is -1.25. The molecule has 0 saturated heterocycles. The van der Waals surface area contributed by atoms with E-state index in [0.717, 1.165) is 12.1 Å². The predicted molar refractivity (Wildman–Crippen MR) is 67.8 cm³/mol. The summed E-state index contributed by atoms with van der Waals surface area (Å²) in [5, 5.41) is 28.0. The summed E-state index contributed by atoms with van der Waals surface area (Å²) < 4.78 is 38.3. The highest BCUT2D eigenvalue weighted by Gasteiger charge is 2.36. The van der Waals surface area contributed by atoms with E-state index >= 15 is 0 Å². The summed E-state index contributed by atoms with van der Waals surface area (Å²) in [4.78, 5) is 10.8. The summed E-state index contributed by atoms with van der Waals surface area (Å²) in [5.41, 5.74) is -2.46. The van der Waals surface area contributed by atoms with Gasteiger partial charge in [0.1, 0.15) is 6.10 Å². The minimum absolute atomic E-state index is 0.0896. The molecule has 0 heterocycles. The van der Waals surface area contributed by atoms with Gasteiger partial charge in [0.25, 0.3) is 0 Å². The van der Waals surface area contributed by atoms with Gasteiger partial charge in [-0.3, -0.25) is 0 Å². The van der Waals surface area contributed by atoms with Gasteiger partial charge in [-0.1, -0.05) is 6.07 Å². The van der Waals surface area contributed by atoms with E-state index in [4.69, 9.17) is 5.11 Å². The van der Waals surface area contributed by atoms with Crippen LogP contribution in [0.15, 0.2) is 18.2 Å². The molecule has 0 aliphatic rings. The van der Waals surface area contributed by atoms with E-state index in [9.17, 15) is 28.2 Å². The van der Waals surface area contributed by atoms with Crippen molar-refractivity contribution in [1.29, 1.82) is 0 Å². The highest BCUT2D eigenvalue weighted by Crippen LogP contribution is 2.34. The van der Waals surface area contributed by atoms with Crippen molar-refractivity contribution in [1.82, 2.24) is 0 Å². The van der Waals surface area contributed by atoms with Crippen LogP contribution in [0.2, 0.25) is 0 Å². The van der Waals surface area contributed by atoms with Gasteiger partial charge in [0.2, 0.25) is 0 Å². The van der Waals surface area contributed by atoms with Crippen molar-refractivity contribution in [3.8, 4) is 0 Å². The smallest absolute Gasteiger partial charge is 0.417 e. The number of thiol groups is 1. The van der Waals surface area contributed by atoms with E-state index in [1.54, 1.807) is 0 Å². The molecule has 0 bridgehead atoms. The summed E-state index contributed by atoms with van der Waals surface area (Å²) >= 11 is 3.85. The molecule has 1 aromatic carbocycles. The van der Waals surface area contributed by atoms with Crippen molar-refractivity contribution in [3.63, 3.8) is 0 Å². The van der Waals surface area contributed by atoms with Crippen LogP contribution in [0, 0.1) is 0 Å². The Morgan fingerprint density at radius 3 is 2.35 bits per heavy atom. The Labute approximate surface area is 118 Å². The lowest BCUT2D eigenvalue weighted by Crippen LogP contribution is -2.20. The summed E-state index contributed by atoms with van der Waals surface area (Å²) in [6.45, 7) is 0. The largest absolute Gasteiger partial charge is 0.478 e. The van der Waals surface area contributed by atoms with Crippen LogP contribution < -0.4 is 0 Å². The van der Waals surface area contributed by atoms with Crippen molar-refractivity contribution in [3.05, 3.63) is 34.9 Å². The zero-order chi connectivity index (χ0) is 15.5. The van der Waals surface area contributed by atoms with Gasteiger partial charge in [-0.25, -0.2) is 4.79 Å². The average molecular weight is 310 g/mol. The van der Waals surface area contributed by atoms with Gasteiger partial charge in [-0.2, -0.15) is 25.8 Å². The van der Waals surface area contributed by atoms with E-state index in [-0.39, 0.29) is 17.7 Å². The number of benzene rings is 1. The molecule has 20 heavy (non-hydrogen) atoms. The molecule has 8 heteroatoms. The molecule has 0 aromatic heterocycles. The minimum atomic E-state index is -4.86. The first-order valence-electron chi connectivity index (χ1n) is 5.60. The van der Waals surface area contributed by atoms with Gasteiger partial charge in [-0.05, 0) is 29.9 Å². The molecule has 2 atom stereocenters. The maximum atomic E-state index is 12.8. The van der Waals surface area contributed by atoms with Crippen LogP contribution in [-0.4, -0.2) is 33.1 Å². The molecule has 0 radical (unpaired) electrons. The topological polar surface area (TPSA) is 77.8 Å². The fourth-order valence-electron chi connectivity index (χ4n) is 1.68. The molecule has 0 spiro atoms. The number of alkyl halides is 3. The monoisotopic (exact) mass is 310 g/mol. The summed E-state index contributed by atoms with van der Waals surface area (Å²) in [6.07, 6.45) is -7.58. The van der Waals surface area contributed by atoms with Crippen molar-refractivity contribution < 1.29 is 33.3 Å². The van der Waals surface area contributed by atoms with Gasteiger partial charge in [-0.15, -0.1) is 0 Å². The molecular weight excluding hydrogens is 297 g/mol. The second-order valence-electron chi connectivity index (χ2n) is 4.13. The molecule has 3 N–H and O–H groups in total. The van der Waals surface area contributed by atoms with Crippen LogP contribution in [-0.2, 0) is 6.18 Å². The lowest BCUT2D eigenvalue weighted by Gasteiger charge is -2.19. The fraction of sp³-hybridized carbons (Fsp3) is 0.417. The molecule has 0 aliphatic carbocycles. The minimum Gasteiger partial charge on any atom is -0.478 e. The number of hydrogen-bond donors (Lipinski definition) is 4. The van der Waals surface area contributed by atoms with Crippen LogP contribution in [0.3, 0.4) is 0 Å². The predicted octanol–water partition coefficient (Wildman–Crippen LogP) is 2.12. The summed E-state index contributed by atoms with van der Waals surface area (Å²) in [6, 6.07) is 2.35. The lowest BCUT2D eigenvalue weighted by atomic mass is 9.97. The normalized spacial score (nSPS) is 14.9. The molecule has 0 amide bonds.